The molecule has 1 aliphatic rings. The van der Waals surface area contributed by atoms with E-state index >= 15 is 0 Å². The molecule has 0 spiro atoms. The van der Waals surface area contributed by atoms with E-state index in [1.807, 2.05) is 4.57 Å². The van der Waals surface area contributed by atoms with Crippen LogP contribution in [-0.4, -0.2) is 42.4 Å². The maximum absolute atomic E-state index is 13.4. The number of rotatable bonds is 8. The van der Waals surface area contributed by atoms with Crippen LogP contribution in [0.5, 0.6) is 0 Å². The third-order valence-electron chi connectivity index (χ3n) is 5.36. The van der Waals surface area contributed by atoms with Gasteiger partial charge in [-0.25, -0.2) is 8.78 Å². The largest absolute Gasteiger partial charge is 0.376 e. The van der Waals surface area contributed by atoms with Crippen LogP contribution >= 0.6 is 11.8 Å². The van der Waals surface area contributed by atoms with E-state index in [1.54, 1.807) is 24.3 Å². The number of hydrogen-bond acceptors (Lipinski definition) is 9. The molecule has 1 unspecified atom stereocenters. The van der Waals surface area contributed by atoms with Gasteiger partial charge in [-0.2, -0.15) is 15.0 Å². The van der Waals surface area contributed by atoms with Gasteiger partial charge in [0.1, 0.15) is 17.5 Å². The Morgan fingerprint density at radius 2 is 1.74 bits per heavy atom. The number of thioether (sulfide) groups is 1. The summed E-state index contributed by atoms with van der Waals surface area (Å²) < 4.78 is 34.4. The first kappa shape index (κ1) is 23.1. The highest BCUT2D eigenvalue weighted by Gasteiger charge is 2.22. The summed E-state index contributed by atoms with van der Waals surface area (Å²) >= 11 is 1.40. The smallest absolute Gasteiger partial charge is 0.232 e. The molecule has 4 aromatic rings. The summed E-state index contributed by atoms with van der Waals surface area (Å²) in [6.07, 6.45) is 2.02. The minimum Gasteiger partial charge on any atom is -0.376 e. The second kappa shape index (κ2) is 10.3. The van der Waals surface area contributed by atoms with E-state index in [0.29, 0.717) is 34.8 Å². The Labute approximate surface area is 204 Å². The van der Waals surface area contributed by atoms with Crippen molar-refractivity contribution in [1.29, 1.82) is 0 Å². The molecule has 0 radical (unpaired) electrons. The van der Waals surface area contributed by atoms with Crippen LogP contribution in [0.15, 0.2) is 53.7 Å². The first-order chi connectivity index (χ1) is 17.0. The van der Waals surface area contributed by atoms with Crippen molar-refractivity contribution in [1.82, 2.24) is 29.7 Å². The summed E-state index contributed by atoms with van der Waals surface area (Å²) in [6.45, 7) is 1.31. The SMILES string of the molecule is Nc1nc(CSc2nnc(-c3ccc(F)cc3)n2CC2CCCO2)nc(Nc2ccc(F)cc2)n1. The van der Waals surface area contributed by atoms with Crippen molar-refractivity contribution in [3.05, 3.63) is 66.0 Å². The first-order valence-electron chi connectivity index (χ1n) is 11.0. The molecule has 12 heteroatoms. The first-order valence-corrected chi connectivity index (χ1v) is 12.0. The molecular formula is C23H22F2N8OS. The molecule has 2 aromatic heterocycles. The van der Waals surface area contributed by atoms with Crippen LogP contribution in [0, 0.1) is 11.6 Å². The Hall–Kier alpha value is -3.64. The van der Waals surface area contributed by atoms with Crippen LogP contribution in [0.25, 0.3) is 11.4 Å². The van der Waals surface area contributed by atoms with Crippen molar-refractivity contribution in [2.45, 2.75) is 36.4 Å². The molecule has 1 saturated heterocycles. The topological polar surface area (TPSA) is 117 Å². The van der Waals surface area contributed by atoms with E-state index in [-0.39, 0.29) is 29.6 Å². The number of aromatic nitrogens is 6. The molecule has 2 aromatic carbocycles. The third-order valence-corrected chi connectivity index (χ3v) is 6.32. The summed E-state index contributed by atoms with van der Waals surface area (Å²) in [5, 5.41) is 12.4. The average Bonchev–Trinajstić information content (AvgIpc) is 3.50. The fraction of sp³-hybridized carbons (Fsp3) is 0.261. The Balaban J connectivity index is 1.36. The van der Waals surface area contributed by atoms with Crippen molar-refractivity contribution in [2.75, 3.05) is 17.7 Å². The summed E-state index contributed by atoms with van der Waals surface area (Å²) in [4.78, 5) is 12.7. The summed E-state index contributed by atoms with van der Waals surface area (Å²) in [5.74, 6) is 1.11. The second-order valence-electron chi connectivity index (χ2n) is 7.91. The average molecular weight is 497 g/mol. The quantitative estimate of drug-likeness (QED) is 0.346. The Kier molecular flexibility index (Phi) is 6.82. The number of halogens is 2. The van der Waals surface area contributed by atoms with E-state index in [2.05, 4.69) is 30.5 Å². The minimum absolute atomic E-state index is 0.0591. The number of benzene rings is 2. The van der Waals surface area contributed by atoms with Crippen molar-refractivity contribution in [3.63, 3.8) is 0 Å². The van der Waals surface area contributed by atoms with Gasteiger partial charge in [-0.1, -0.05) is 11.8 Å². The van der Waals surface area contributed by atoms with Gasteiger partial charge >= 0.3 is 0 Å². The van der Waals surface area contributed by atoms with E-state index in [1.165, 1.54) is 36.0 Å². The van der Waals surface area contributed by atoms with E-state index < -0.39 is 0 Å². The molecule has 0 saturated carbocycles. The van der Waals surface area contributed by atoms with Crippen molar-refractivity contribution >= 4 is 29.3 Å². The molecule has 0 bridgehead atoms. The van der Waals surface area contributed by atoms with Gasteiger partial charge < -0.3 is 15.8 Å². The predicted octanol–water partition coefficient (Wildman–Crippen LogP) is 4.21. The lowest BCUT2D eigenvalue weighted by Gasteiger charge is -2.14. The molecule has 180 valence electrons. The predicted molar refractivity (Wildman–Crippen MR) is 128 cm³/mol. The second-order valence-corrected chi connectivity index (χ2v) is 8.86. The highest BCUT2D eigenvalue weighted by molar-refractivity contribution is 7.98. The summed E-state index contributed by atoms with van der Waals surface area (Å²) in [6, 6.07) is 12.0. The van der Waals surface area contributed by atoms with E-state index in [4.69, 9.17) is 10.5 Å². The van der Waals surface area contributed by atoms with Crippen LogP contribution in [0.2, 0.25) is 0 Å². The Morgan fingerprint density at radius 1 is 1.00 bits per heavy atom. The van der Waals surface area contributed by atoms with Crippen LogP contribution < -0.4 is 11.1 Å². The monoisotopic (exact) mass is 496 g/mol. The standard InChI is InChI=1S/C23H22F2N8OS/c24-15-5-3-14(4-6-15)20-31-32-23(33(20)12-18-2-1-11-34-18)35-13-19-28-21(26)30-22(29-19)27-17-9-7-16(25)8-10-17/h3-10,18H,1-2,11-13H2,(H3,26,27,28,29,30). The van der Waals surface area contributed by atoms with Gasteiger partial charge in [0, 0.05) is 17.9 Å². The van der Waals surface area contributed by atoms with Gasteiger partial charge in [-0.3, -0.25) is 4.57 Å². The minimum atomic E-state index is -0.338. The highest BCUT2D eigenvalue weighted by Crippen LogP contribution is 2.28. The van der Waals surface area contributed by atoms with Gasteiger partial charge in [0.2, 0.25) is 11.9 Å². The van der Waals surface area contributed by atoms with Crippen LogP contribution in [0.1, 0.15) is 18.7 Å². The molecule has 1 aliphatic heterocycles. The van der Waals surface area contributed by atoms with E-state index in [0.717, 1.165) is 25.0 Å². The Bertz CT molecular complexity index is 1290. The zero-order valence-electron chi connectivity index (χ0n) is 18.6. The lowest BCUT2D eigenvalue weighted by atomic mass is 10.2. The van der Waals surface area contributed by atoms with E-state index in [9.17, 15) is 8.78 Å². The zero-order valence-corrected chi connectivity index (χ0v) is 19.4. The number of hydrogen-bond donors (Lipinski definition) is 2. The Morgan fingerprint density at radius 3 is 2.46 bits per heavy atom. The lowest BCUT2D eigenvalue weighted by molar-refractivity contribution is 0.0953. The summed E-state index contributed by atoms with van der Waals surface area (Å²) in [5.41, 5.74) is 7.27. The number of nitrogens with two attached hydrogens (primary N) is 1. The third kappa shape index (κ3) is 5.72. The van der Waals surface area contributed by atoms with Gasteiger partial charge in [-0.05, 0) is 61.4 Å². The molecule has 3 N–H and O–H groups in total. The fourth-order valence-electron chi connectivity index (χ4n) is 3.71. The number of anilines is 3. The van der Waals surface area contributed by atoms with Gasteiger partial charge in [0.05, 0.1) is 18.4 Å². The highest BCUT2D eigenvalue weighted by atomic mass is 32.2. The van der Waals surface area contributed by atoms with Crippen LogP contribution in [0.3, 0.4) is 0 Å². The number of nitrogen functional groups attached to an aromatic ring is 1. The molecule has 35 heavy (non-hydrogen) atoms. The number of nitrogens with one attached hydrogen (secondary N) is 1. The maximum Gasteiger partial charge on any atom is 0.232 e. The molecule has 0 amide bonds. The van der Waals surface area contributed by atoms with Gasteiger partial charge in [0.15, 0.2) is 11.0 Å². The number of ether oxygens (including phenoxy) is 1. The van der Waals surface area contributed by atoms with Crippen LogP contribution in [-0.2, 0) is 17.0 Å². The molecule has 0 aliphatic carbocycles. The van der Waals surface area contributed by atoms with Crippen molar-refractivity contribution < 1.29 is 13.5 Å². The van der Waals surface area contributed by atoms with Crippen LogP contribution in [0.4, 0.5) is 26.4 Å². The van der Waals surface area contributed by atoms with Crippen molar-refractivity contribution in [2.24, 2.45) is 0 Å². The van der Waals surface area contributed by atoms with Gasteiger partial charge in [-0.15, -0.1) is 10.2 Å². The van der Waals surface area contributed by atoms with Gasteiger partial charge in [0.25, 0.3) is 0 Å². The van der Waals surface area contributed by atoms with Crippen molar-refractivity contribution in [3.8, 4) is 11.4 Å². The molecule has 1 atom stereocenters. The molecule has 1 fully saturated rings. The fourth-order valence-corrected chi connectivity index (χ4v) is 4.52. The normalized spacial score (nSPS) is 15.4. The molecule has 3 heterocycles. The number of nitrogens with zero attached hydrogens (tertiary/aromatic N) is 6. The lowest BCUT2D eigenvalue weighted by Crippen LogP contribution is -2.16. The zero-order chi connectivity index (χ0) is 24.2. The molecule has 9 nitrogen and oxygen atoms in total. The molecule has 5 rings (SSSR count). The molecular weight excluding hydrogens is 474 g/mol. The maximum atomic E-state index is 13.4. The summed E-state index contributed by atoms with van der Waals surface area (Å²) in [7, 11) is 0.